The van der Waals surface area contributed by atoms with Gasteiger partial charge in [0, 0.05) is 33.2 Å². The first kappa shape index (κ1) is 21.1. The van der Waals surface area contributed by atoms with Crippen molar-refractivity contribution in [2.75, 3.05) is 0 Å². The maximum atomic E-state index is 12.3. The maximum Gasteiger partial charge on any atom is 0.244 e. The van der Waals surface area contributed by atoms with Crippen LogP contribution >= 0.6 is 15.9 Å². The van der Waals surface area contributed by atoms with Crippen molar-refractivity contribution in [3.8, 4) is 0 Å². The SMILES string of the molecule is Cc1ccccc1Cn1c(C)c(/C=N/NC(=O)Cc2ccc(Br)cc2)c2ccccc21. The van der Waals surface area contributed by atoms with Gasteiger partial charge in [0.1, 0.15) is 0 Å². The summed E-state index contributed by atoms with van der Waals surface area (Å²) in [5, 5.41) is 5.38. The van der Waals surface area contributed by atoms with E-state index in [0.717, 1.165) is 38.7 Å². The molecule has 1 heterocycles. The Kier molecular flexibility index (Phi) is 6.33. The first-order valence-electron chi connectivity index (χ1n) is 10.2. The van der Waals surface area contributed by atoms with Gasteiger partial charge in [0.2, 0.25) is 5.91 Å². The lowest BCUT2D eigenvalue weighted by atomic mass is 10.1. The maximum absolute atomic E-state index is 12.3. The van der Waals surface area contributed by atoms with Gasteiger partial charge in [-0.2, -0.15) is 5.10 Å². The average Bonchev–Trinajstić information content (AvgIpc) is 3.03. The molecule has 0 bridgehead atoms. The minimum absolute atomic E-state index is 0.139. The number of nitrogens with one attached hydrogen (secondary N) is 1. The lowest BCUT2D eigenvalue weighted by Crippen LogP contribution is -2.19. The van der Waals surface area contributed by atoms with Crippen LogP contribution in [0.5, 0.6) is 0 Å². The van der Waals surface area contributed by atoms with Gasteiger partial charge in [-0.3, -0.25) is 4.79 Å². The highest BCUT2D eigenvalue weighted by molar-refractivity contribution is 9.10. The molecule has 1 amide bonds. The fourth-order valence-electron chi connectivity index (χ4n) is 3.78. The van der Waals surface area contributed by atoms with E-state index in [0.29, 0.717) is 6.42 Å². The second-order valence-corrected chi connectivity index (χ2v) is 8.54. The Morgan fingerprint density at radius 3 is 2.48 bits per heavy atom. The predicted octanol–water partition coefficient (Wildman–Crippen LogP) is 5.76. The molecular weight excluding hydrogens is 450 g/mol. The Bertz CT molecular complexity index is 1260. The lowest BCUT2D eigenvalue weighted by Gasteiger charge is -2.11. The van der Waals surface area contributed by atoms with Crippen LogP contribution in [0, 0.1) is 13.8 Å². The predicted molar refractivity (Wildman–Crippen MR) is 131 cm³/mol. The van der Waals surface area contributed by atoms with Crippen molar-refractivity contribution in [3.05, 3.63) is 105 Å². The Balaban J connectivity index is 1.56. The second-order valence-electron chi connectivity index (χ2n) is 7.63. The normalized spacial score (nSPS) is 11.3. The van der Waals surface area contributed by atoms with E-state index in [1.54, 1.807) is 6.21 Å². The van der Waals surface area contributed by atoms with Crippen LogP contribution in [0.1, 0.15) is 27.9 Å². The van der Waals surface area contributed by atoms with Crippen molar-refractivity contribution in [3.63, 3.8) is 0 Å². The number of fused-ring (bicyclic) bond motifs is 1. The molecule has 156 valence electrons. The summed E-state index contributed by atoms with van der Waals surface area (Å²) in [6.45, 7) is 5.03. The van der Waals surface area contributed by atoms with Gasteiger partial charge in [0.15, 0.2) is 0 Å². The highest BCUT2D eigenvalue weighted by atomic mass is 79.9. The highest BCUT2D eigenvalue weighted by Gasteiger charge is 2.13. The zero-order valence-electron chi connectivity index (χ0n) is 17.6. The summed E-state index contributed by atoms with van der Waals surface area (Å²) in [4.78, 5) is 12.3. The molecule has 4 nitrogen and oxygen atoms in total. The molecule has 0 unspecified atom stereocenters. The minimum Gasteiger partial charge on any atom is -0.340 e. The van der Waals surface area contributed by atoms with E-state index < -0.39 is 0 Å². The van der Waals surface area contributed by atoms with Gasteiger partial charge >= 0.3 is 0 Å². The minimum atomic E-state index is -0.139. The number of halogens is 1. The van der Waals surface area contributed by atoms with Gasteiger partial charge < -0.3 is 4.57 Å². The molecule has 0 aliphatic carbocycles. The van der Waals surface area contributed by atoms with E-state index in [1.165, 1.54) is 11.1 Å². The average molecular weight is 474 g/mol. The number of amides is 1. The molecule has 0 spiro atoms. The van der Waals surface area contributed by atoms with Crippen LogP contribution in [0.3, 0.4) is 0 Å². The van der Waals surface area contributed by atoms with Crippen LogP contribution in [-0.2, 0) is 17.8 Å². The fourth-order valence-corrected chi connectivity index (χ4v) is 4.04. The van der Waals surface area contributed by atoms with E-state index >= 15 is 0 Å². The zero-order chi connectivity index (χ0) is 21.8. The standard InChI is InChI=1S/C26H24BrN3O/c1-18-7-3-4-8-21(18)17-30-19(2)24(23-9-5-6-10-25(23)30)16-28-29-26(31)15-20-11-13-22(27)14-12-20/h3-14,16H,15,17H2,1-2H3,(H,29,31)/b28-16+. The molecule has 3 aromatic carbocycles. The van der Waals surface area contributed by atoms with Crippen LogP contribution in [0.15, 0.2) is 82.4 Å². The number of aryl methyl sites for hydroxylation is 1. The molecule has 0 radical (unpaired) electrons. The third-order valence-corrected chi connectivity index (χ3v) is 6.06. The third kappa shape index (κ3) is 4.78. The molecule has 5 heteroatoms. The van der Waals surface area contributed by atoms with Gasteiger partial charge in [-0.25, -0.2) is 5.43 Å². The number of aromatic nitrogens is 1. The molecule has 0 atom stereocenters. The van der Waals surface area contributed by atoms with Crippen molar-refractivity contribution in [2.24, 2.45) is 5.10 Å². The summed E-state index contributed by atoms with van der Waals surface area (Å²) in [5.41, 5.74) is 9.47. The number of nitrogens with zero attached hydrogens (tertiary/aromatic N) is 2. The van der Waals surface area contributed by atoms with Gasteiger partial charge in [-0.15, -0.1) is 0 Å². The van der Waals surface area contributed by atoms with Gasteiger partial charge in [-0.05, 0) is 48.7 Å². The topological polar surface area (TPSA) is 46.4 Å². The quantitative estimate of drug-likeness (QED) is 0.280. The summed E-state index contributed by atoms with van der Waals surface area (Å²) in [6, 6.07) is 24.5. The number of hydrazone groups is 1. The summed E-state index contributed by atoms with van der Waals surface area (Å²) in [7, 11) is 0. The molecule has 1 aromatic heterocycles. The van der Waals surface area contributed by atoms with Crippen molar-refractivity contribution in [1.82, 2.24) is 9.99 Å². The van der Waals surface area contributed by atoms with Crippen molar-refractivity contribution in [1.29, 1.82) is 0 Å². The zero-order valence-corrected chi connectivity index (χ0v) is 19.2. The van der Waals surface area contributed by atoms with Gasteiger partial charge in [0.05, 0.1) is 12.6 Å². The Hall–Kier alpha value is -3.18. The van der Waals surface area contributed by atoms with Gasteiger partial charge in [-0.1, -0.05) is 70.5 Å². The Morgan fingerprint density at radius 1 is 1.00 bits per heavy atom. The number of carbonyl (C=O) groups excluding carboxylic acids is 1. The third-order valence-electron chi connectivity index (χ3n) is 5.53. The van der Waals surface area contributed by atoms with Crippen LogP contribution in [0.2, 0.25) is 0 Å². The Morgan fingerprint density at radius 2 is 1.71 bits per heavy atom. The molecule has 4 aromatic rings. The van der Waals surface area contributed by atoms with E-state index in [-0.39, 0.29) is 5.91 Å². The smallest absolute Gasteiger partial charge is 0.244 e. The number of para-hydroxylation sites is 1. The molecular formula is C26H24BrN3O. The summed E-state index contributed by atoms with van der Waals surface area (Å²) in [6.07, 6.45) is 2.05. The fraction of sp³-hybridized carbons (Fsp3) is 0.154. The monoisotopic (exact) mass is 473 g/mol. The second kappa shape index (κ2) is 9.31. The van der Waals surface area contributed by atoms with Crippen LogP contribution in [0.25, 0.3) is 10.9 Å². The van der Waals surface area contributed by atoms with E-state index in [2.05, 4.69) is 87.3 Å². The number of carbonyl (C=O) groups is 1. The largest absolute Gasteiger partial charge is 0.340 e. The number of hydrogen-bond donors (Lipinski definition) is 1. The molecule has 4 rings (SSSR count). The summed E-state index contributed by atoms with van der Waals surface area (Å²) in [5.74, 6) is -0.139. The first-order valence-corrected chi connectivity index (χ1v) is 11.0. The van der Waals surface area contributed by atoms with Crippen LogP contribution < -0.4 is 5.43 Å². The molecule has 0 saturated heterocycles. The van der Waals surface area contributed by atoms with Crippen molar-refractivity contribution >= 4 is 39.0 Å². The van der Waals surface area contributed by atoms with E-state index in [9.17, 15) is 4.79 Å². The molecule has 1 N–H and O–H groups in total. The van der Waals surface area contributed by atoms with E-state index in [1.807, 2.05) is 30.3 Å². The van der Waals surface area contributed by atoms with Crippen molar-refractivity contribution < 1.29 is 4.79 Å². The van der Waals surface area contributed by atoms with E-state index in [4.69, 9.17) is 0 Å². The van der Waals surface area contributed by atoms with Crippen LogP contribution in [-0.4, -0.2) is 16.7 Å². The lowest BCUT2D eigenvalue weighted by molar-refractivity contribution is -0.120. The summed E-state index contributed by atoms with van der Waals surface area (Å²) < 4.78 is 3.30. The Labute approximate surface area is 190 Å². The number of hydrogen-bond acceptors (Lipinski definition) is 2. The first-order chi connectivity index (χ1) is 15.0. The molecule has 31 heavy (non-hydrogen) atoms. The summed E-state index contributed by atoms with van der Waals surface area (Å²) >= 11 is 3.41. The molecule has 0 saturated carbocycles. The van der Waals surface area contributed by atoms with Crippen molar-refractivity contribution in [2.45, 2.75) is 26.8 Å². The van der Waals surface area contributed by atoms with Gasteiger partial charge in [0.25, 0.3) is 0 Å². The molecule has 0 fully saturated rings. The number of rotatable bonds is 6. The molecule has 0 aliphatic rings. The number of benzene rings is 3. The van der Waals surface area contributed by atoms with Crippen LogP contribution in [0.4, 0.5) is 0 Å². The molecule has 0 aliphatic heterocycles. The highest BCUT2D eigenvalue weighted by Crippen LogP contribution is 2.26.